The minimum atomic E-state index is -0.431. The van der Waals surface area contributed by atoms with E-state index in [4.69, 9.17) is 17.2 Å². The van der Waals surface area contributed by atoms with Gasteiger partial charge in [0.15, 0.2) is 0 Å². The van der Waals surface area contributed by atoms with Gasteiger partial charge in [-0.05, 0) is 96.5 Å². The lowest BCUT2D eigenvalue weighted by molar-refractivity contribution is 0.626. The molecule has 5 heteroatoms. The summed E-state index contributed by atoms with van der Waals surface area (Å²) in [6, 6.07) is 25.3. The Bertz CT molecular complexity index is 1090. The van der Waals surface area contributed by atoms with Crippen LogP contribution in [0.4, 0.5) is 11.4 Å². The average Bonchev–Trinajstić information content (AvgIpc) is 2.96. The van der Waals surface area contributed by atoms with Gasteiger partial charge in [0.2, 0.25) is 5.11 Å². The van der Waals surface area contributed by atoms with E-state index in [-0.39, 0.29) is 0 Å². The number of para-hydroxylation sites is 1. The van der Waals surface area contributed by atoms with Gasteiger partial charge in [0.25, 0.3) is 0 Å². The molecule has 1 heterocycles. The first-order valence-electron chi connectivity index (χ1n) is 9.94. The molecule has 0 amide bonds. The molecule has 3 aromatic carbocycles. The summed E-state index contributed by atoms with van der Waals surface area (Å²) in [4.78, 5) is 7.04. The lowest BCUT2D eigenvalue weighted by Gasteiger charge is -2.37. The van der Waals surface area contributed by atoms with Gasteiger partial charge < -0.3 is 10.2 Å². The van der Waals surface area contributed by atoms with E-state index in [1.165, 1.54) is 20.3 Å². The first-order chi connectivity index (χ1) is 14.4. The molecule has 3 nitrogen and oxygen atoms in total. The highest BCUT2D eigenvalue weighted by atomic mass is 127. The number of thiocarbonyl (C=S) groups is 1. The Kier molecular flexibility index (Phi) is 5.93. The van der Waals surface area contributed by atoms with E-state index in [0.29, 0.717) is 5.11 Å². The summed E-state index contributed by atoms with van der Waals surface area (Å²) in [6.45, 7) is 6.46. The number of hydrogen-bond donors (Lipinski definition) is 1. The summed E-state index contributed by atoms with van der Waals surface area (Å²) in [5.41, 5.74) is 5.36. The monoisotopic (exact) mass is 525 g/mol. The summed E-state index contributed by atoms with van der Waals surface area (Å²) >= 11 is 8.10. The van der Waals surface area contributed by atoms with Gasteiger partial charge in [-0.2, -0.15) is 0 Å². The van der Waals surface area contributed by atoms with Gasteiger partial charge in [0.05, 0.1) is 0 Å². The normalized spacial score (nSPS) is 18.5. The largest absolute Gasteiger partial charge is 0.341 e. The number of anilines is 2. The maximum atomic E-state index is 5.78. The molecule has 0 saturated carbocycles. The van der Waals surface area contributed by atoms with Gasteiger partial charge in [-0.15, -0.1) is 0 Å². The first-order valence-corrected chi connectivity index (χ1v) is 11.4. The second kappa shape index (κ2) is 8.47. The van der Waals surface area contributed by atoms with Crippen LogP contribution in [0.1, 0.15) is 23.6 Å². The SMILES string of the molecule is Cc1cccc(C)c1NC1=NC(=S)N(c2ccc(I)cc2)C1(C)Cc1ccccc1. The van der Waals surface area contributed by atoms with Crippen LogP contribution in [0.5, 0.6) is 0 Å². The molecule has 1 atom stereocenters. The van der Waals surface area contributed by atoms with Crippen molar-refractivity contribution in [1.29, 1.82) is 0 Å². The van der Waals surface area contributed by atoms with E-state index in [2.05, 4.69) is 120 Å². The van der Waals surface area contributed by atoms with E-state index < -0.39 is 5.54 Å². The second-order valence-electron chi connectivity index (χ2n) is 7.88. The van der Waals surface area contributed by atoms with Crippen LogP contribution in [0, 0.1) is 17.4 Å². The number of aliphatic imine (C=N–C) groups is 1. The van der Waals surface area contributed by atoms with Gasteiger partial charge in [-0.3, -0.25) is 0 Å². The fourth-order valence-electron chi connectivity index (χ4n) is 4.02. The quantitative estimate of drug-likeness (QED) is 0.310. The highest BCUT2D eigenvalue weighted by molar-refractivity contribution is 14.1. The van der Waals surface area contributed by atoms with Crippen molar-refractivity contribution in [2.45, 2.75) is 32.7 Å². The van der Waals surface area contributed by atoms with Crippen molar-refractivity contribution in [3.63, 3.8) is 0 Å². The van der Waals surface area contributed by atoms with Crippen LogP contribution in [0.15, 0.2) is 77.8 Å². The predicted octanol–water partition coefficient (Wildman–Crippen LogP) is 6.52. The Labute approximate surface area is 197 Å². The van der Waals surface area contributed by atoms with Crippen LogP contribution in [0.25, 0.3) is 0 Å². The molecule has 0 aromatic heterocycles. The fourth-order valence-corrected chi connectivity index (χ4v) is 4.78. The molecule has 1 aliphatic rings. The van der Waals surface area contributed by atoms with Crippen molar-refractivity contribution in [2.24, 2.45) is 4.99 Å². The van der Waals surface area contributed by atoms with Crippen LogP contribution < -0.4 is 10.2 Å². The average molecular weight is 525 g/mol. The van der Waals surface area contributed by atoms with Crippen LogP contribution >= 0.6 is 34.8 Å². The number of benzene rings is 3. The van der Waals surface area contributed by atoms with E-state index in [1.54, 1.807) is 0 Å². The van der Waals surface area contributed by atoms with Crippen molar-refractivity contribution in [2.75, 3.05) is 10.2 Å². The lowest BCUT2D eigenvalue weighted by atomic mass is 9.89. The van der Waals surface area contributed by atoms with Crippen LogP contribution in [-0.4, -0.2) is 16.5 Å². The Balaban J connectivity index is 1.78. The van der Waals surface area contributed by atoms with E-state index in [0.717, 1.165) is 23.6 Å². The number of nitrogens with zero attached hydrogens (tertiary/aromatic N) is 2. The smallest absolute Gasteiger partial charge is 0.202 e. The lowest BCUT2D eigenvalue weighted by Crippen LogP contribution is -2.53. The van der Waals surface area contributed by atoms with E-state index >= 15 is 0 Å². The maximum absolute atomic E-state index is 5.78. The van der Waals surface area contributed by atoms with Gasteiger partial charge >= 0.3 is 0 Å². The summed E-state index contributed by atoms with van der Waals surface area (Å²) in [7, 11) is 0. The molecule has 0 bridgehead atoms. The number of nitrogens with one attached hydrogen (secondary N) is 1. The molecule has 1 aliphatic heterocycles. The van der Waals surface area contributed by atoms with Crippen molar-refractivity contribution in [3.05, 3.63) is 93.1 Å². The molecular weight excluding hydrogens is 501 g/mol. The third kappa shape index (κ3) is 4.01. The van der Waals surface area contributed by atoms with Crippen LogP contribution in [0.2, 0.25) is 0 Å². The number of rotatable bonds is 4. The van der Waals surface area contributed by atoms with Crippen LogP contribution in [-0.2, 0) is 6.42 Å². The molecule has 30 heavy (non-hydrogen) atoms. The van der Waals surface area contributed by atoms with Crippen molar-refractivity contribution >= 4 is 57.1 Å². The van der Waals surface area contributed by atoms with Gasteiger partial charge in [0, 0.05) is 21.4 Å². The van der Waals surface area contributed by atoms with Gasteiger partial charge in [-0.1, -0.05) is 48.5 Å². The second-order valence-corrected chi connectivity index (χ2v) is 9.49. The van der Waals surface area contributed by atoms with E-state index in [9.17, 15) is 0 Å². The van der Waals surface area contributed by atoms with Crippen molar-refractivity contribution in [1.82, 2.24) is 0 Å². The summed E-state index contributed by atoms with van der Waals surface area (Å²) in [6.07, 6.45) is 0.788. The zero-order valence-electron chi connectivity index (χ0n) is 17.3. The molecule has 0 radical (unpaired) electrons. The van der Waals surface area contributed by atoms with E-state index in [1.807, 2.05) is 6.07 Å². The summed E-state index contributed by atoms with van der Waals surface area (Å²) < 4.78 is 1.20. The molecular formula is C25H24IN3S. The fraction of sp³-hybridized carbons (Fsp3) is 0.200. The molecule has 0 aliphatic carbocycles. The molecule has 152 valence electrons. The van der Waals surface area contributed by atoms with Gasteiger partial charge in [0.1, 0.15) is 11.4 Å². The summed E-state index contributed by atoms with van der Waals surface area (Å²) in [5.74, 6) is 0.882. The highest BCUT2D eigenvalue weighted by Crippen LogP contribution is 2.36. The molecule has 1 unspecified atom stereocenters. The van der Waals surface area contributed by atoms with Crippen molar-refractivity contribution in [3.8, 4) is 0 Å². The number of hydrogen-bond acceptors (Lipinski definition) is 2. The number of aryl methyl sites for hydroxylation is 2. The minimum Gasteiger partial charge on any atom is -0.341 e. The van der Waals surface area contributed by atoms with Gasteiger partial charge in [-0.25, -0.2) is 4.99 Å². The molecule has 0 fully saturated rings. The topological polar surface area (TPSA) is 27.6 Å². The Hall–Kier alpha value is -2.25. The molecule has 0 spiro atoms. The molecule has 1 N–H and O–H groups in total. The number of halogens is 1. The minimum absolute atomic E-state index is 0.431. The number of amidine groups is 1. The summed E-state index contributed by atoms with van der Waals surface area (Å²) in [5, 5.41) is 4.24. The maximum Gasteiger partial charge on any atom is 0.202 e. The molecule has 0 saturated heterocycles. The third-order valence-electron chi connectivity index (χ3n) is 5.60. The predicted molar refractivity (Wildman–Crippen MR) is 140 cm³/mol. The molecule has 4 rings (SSSR count). The third-order valence-corrected chi connectivity index (χ3v) is 6.60. The zero-order valence-corrected chi connectivity index (χ0v) is 20.3. The molecule has 3 aromatic rings. The highest BCUT2D eigenvalue weighted by Gasteiger charge is 2.45. The zero-order chi connectivity index (χ0) is 21.3. The Morgan fingerprint density at radius 1 is 0.933 bits per heavy atom. The van der Waals surface area contributed by atoms with Crippen LogP contribution in [0.3, 0.4) is 0 Å². The van der Waals surface area contributed by atoms with Crippen molar-refractivity contribution < 1.29 is 0 Å². The Morgan fingerprint density at radius 2 is 1.57 bits per heavy atom. The Morgan fingerprint density at radius 3 is 2.20 bits per heavy atom. The first kappa shape index (κ1) is 21.0. The standard InChI is InChI=1S/C25H24IN3S/c1-17-8-7-9-18(2)22(17)27-23-25(3,16-19-10-5-4-6-11-19)29(24(30)28-23)21-14-12-20(26)13-15-21/h4-15H,16H2,1-3H3,(H,27,28,30).